The summed E-state index contributed by atoms with van der Waals surface area (Å²) in [4.78, 5) is 0. The van der Waals surface area contributed by atoms with Crippen LogP contribution in [0.15, 0.2) is 152 Å². The quantitative estimate of drug-likeness (QED) is 0.230. The summed E-state index contributed by atoms with van der Waals surface area (Å²) in [5, 5.41) is 7.69. The molecule has 0 unspecified atom stereocenters. The summed E-state index contributed by atoms with van der Waals surface area (Å²) in [6, 6.07) is 54.9. The molecule has 8 aromatic rings. The van der Waals surface area contributed by atoms with Gasteiger partial charge in [-0.25, -0.2) is 0 Å². The maximum absolute atomic E-state index is 2.45. The molecule has 1 nitrogen and oxygen atoms in total. The Hall–Kier alpha value is -5.14. The van der Waals surface area contributed by atoms with E-state index in [9.17, 15) is 0 Å². The Morgan fingerprint density at radius 1 is 0.359 bits per heavy atom. The van der Waals surface area contributed by atoms with Crippen LogP contribution in [0.2, 0.25) is 0 Å². The Labute approximate surface area is 227 Å². The van der Waals surface area contributed by atoms with Gasteiger partial charge < -0.3 is 4.57 Å². The highest BCUT2D eigenvalue weighted by molar-refractivity contribution is 6.25. The minimum absolute atomic E-state index is 1.17. The number of aromatic nitrogens is 1. The Kier molecular flexibility index (Phi) is 4.89. The monoisotopic (exact) mass is 495 g/mol. The number of rotatable bonds is 3. The zero-order valence-corrected chi connectivity index (χ0v) is 21.4. The zero-order chi connectivity index (χ0) is 25.8. The molecule has 1 aromatic heterocycles. The number of hydrogen-bond donors (Lipinski definition) is 0. The molecule has 0 amide bonds. The lowest BCUT2D eigenvalue weighted by Crippen LogP contribution is -1.95. The van der Waals surface area contributed by atoms with Crippen LogP contribution < -0.4 is 0 Å². The first-order chi connectivity index (χ1) is 19.4. The van der Waals surface area contributed by atoms with Crippen molar-refractivity contribution in [2.45, 2.75) is 0 Å². The van der Waals surface area contributed by atoms with E-state index in [-0.39, 0.29) is 0 Å². The molecule has 1 heteroatoms. The lowest BCUT2D eigenvalue weighted by atomic mass is 9.94. The molecule has 0 saturated carbocycles. The van der Waals surface area contributed by atoms with Gasteiger partial charge in [0, 0.05) is 21.8 Å². The summed E-state index contributed by atoms with van der Waals surface area (Å²) in [7, 11) is 0. The number of nitrogens with zero attached hydrogens (tertiary/aromatic N) is 1. The van der Waals surface area contributed by atoms with Crippen molar-refractivity contribution in [2.24, 2.45) is 0 Å². The van der Waals surface area contributed by atoms with E-state index in [4.69, 9.17) is 0 Å². The Morgan fingerprint density at radius 2 is 0.923 bits per heavy atom. The topological polar surface area (TPSA) is 4.93 Å². The highest BCUT2D eigenvalue weighted by Gasteiger charge is 2.17. The van der Waals surface area contributed by atoms with Crippen LogP contribution in [-0.2, 0) is 0 Å². The second-order valence-electron chi connectivity index (χ2n) is 10.2. The molecule has 182 valence electrons. The largest absolute Gasteiger partial charge is 0.309 e. The van der Waals surface area contributed by atoms with Crippen molar-refractivity contribution in [1.82, 2.24) is 4.57 Å². The molecule has 8 rings (SSSR count). The first kappa shape index (κ1) is 21.9. The summed E-state index contributed by atoms with van der Waals surface area (Å²) in [6.45, 7) is 0. The fourth-order valence-electron chi connectivity index (χ4n) is 6.21. The average Bonchev–Trinajstić information content (AvgIpc) is 3.37. The second-order valence-corrected chi connectivity index (χ2v) is 10.2. The predicted molar refractivity (Wildman–Crippen MR) is 167 cm³/mol. The molecular formula is C38H25N. The molecule has 0 saturated heterocycles. The van der Waals surface area contributed by atoms with Gasteiger partial charge in [0.05, 0.1) is 11.0 Å². The SMILES string of the molecule is c1ccc(-c2ccccc2-c2ccc(-n3c4ccc5ccccc5c4c4ccc5ccccc5c43)cc2)cc1. The van der Waals surface area contributed by atoms with Gasteiger partial charge in [-0.15, -0.1) is 0 Å². The van der Waals surface area contributed by atoms with Gasteiger partial charge in [0.25, 0.3) is 0 Å². The number of benzene rings is 7. The summed E-state index contributed by atoms with van der Waals surface area (Å²) in [5.74, 6) is 0. The Morgan fingerprint density at radius 3 is 1.67 bits per heavy atom. The van der Waals surface area contributed by atoms with E-state index in [1.807, 2.05) is 0 Å². The molecule has 0 fully saturated rings. The van der Waals surface area contributed by atoms with Crippen LogP contribution in [0.25, 0.3) is 71.3 Å². The second kappa shape index (κ2) is 8.72. The maximum Gasteiger partial charge on any atom is 0.0619 e. The van der Waals surface area contributed by atoms with E-state index in [0.717, 1.165) is 0 Å². The van der Waals surface area contributed by atoms with Gasteiger partial charge in [0.15, 0.2) is 0 Å². The standard InChI is InChI=1S/C38H25N/c1-2-10-26(11-3-1)31-14-8-9-15-32(31)29-18-22-30(23-19-29)39-36-25-21-27-12-4-6-16-33(27)37(36)35-24-20-28-13-5-7-17-34(28)38(35)39/h1-25H. The molecule has 0 atom stereocenters. The molecule has 0 N–H and O–H groups in total. The van der Waals surface area contributed by atoms with Gasteiger partial charge in [0.2, 0.25) is 0 Å². The van der Waals surface area contributed by atoms with Crippen LogP contribution in [0, 0.1) is 0 Å². The van der Waals surface area contributed by atoms with Crippen LogP contribution in [0.1, 0.15) is 0 Å². The molecule has 39 heavy (non-hydrogen) atoms. The third kappa shape index (κ3) is 3.41. The van der Waals surface area contributed by atoms with Crippen LogP contribution in [-0.4, -0.2) is 4.57 Å². The zero-order valence-electron chi connectivity index (χ0n) is 21.4. The lowest BCUT2D eigenvalue weighted by Gasteiger charge is -2.13. The van der Waals surface area contributed by atoms with Gasteiger partial charge in [-0.1, -0.05) is 133 Å². The normalized spacial score (nSPS) is 11.6. The fraction of sp³-hybridized carbons (Fsp3) is 0. The van der Waals surface area contributed by atoms with Crippen molar-refractivity contribution < 1.29 is 0 Å². The molecular weight excluding hydrogens is 470 g/mol. The summed E-state index contributed by atoms with van der Waals surface area (Å²) >= 11 is 0. The van der Waals surface area contributed by atoms with Gasteiger partial charge in [0.1, 0.15) is 0 Å². The Balaban J connectivity index is 1.39. The van der Waals surface area contributed by atoms with Crippen molar-refractivity contribution in [3.63, 3.8) is 0 Å². The smallest absolute Gasteiger partial charge is 0.0619 e. The van der Waals surface area contributed by atoms with E-state index in [1.165, 1.54) is 71.3 Å². The van der Waals surface area contributed by atoms with E-state index in [1.54, 1.807) is 0 Å². The summed E-state index contributed by atoms with van der Waals surface area (Å²) in [5.41, 5.74) is 8.61. The minimum Gasteiger partial charge on any atom is -0.309 e. The van der Waals surface area contributed by atoms with Crippen LogP contribution in [0.3, 0.4) is 0 Å². The molecule has 0 aliphatic carbocycles. The van der Waals surface area contributed by atoms with Gasteiger partial charge in [-0.2, -0.15) is 0 Å². The summed E-state index contributed by atoms with van der Waals surface area (Å²) in [6.07, 6.45) is 0. The van der Waals surface area contributed by atoms with E-state index in [2.05, 4.69) is 156 Å². The first-order valence-corrected chi connectivity index (χ1v) is 13.5. The highest BCUT2D eigenvalue weighted by Crippen LogP contribution is 2.40. The molecule has 1 heterocycles. The lowest BCUT2D eigenvalue weighted by molar-refractivity contribution is 1.19. The fourth-order valence-corrected chi connectivity index (χ4v) is 6.21. The molecule has 0 aliphatic rings. The summed E-state index contributed by atoms with van der Waals surface area (Å²) < 4.78 is 2.45. The number of hydrogen-bond acceptors (Lipinski definition) is 0. The molecule has 7 aromatic carbocycles. The molecule has 0 bridgehead atoms. The minimum atomic E-state index is 1.17. The molecule has 0 radical (unpaired) electrons. The van der Waals surface area contributed by atoms with Gasteiger partial charge in [-0.3, -0.25) is 0 Å². The van der Waals surface area contributed by atoms with Crippen molar-refractivity contribution in [3.05, 3.63) is 152 Å². The van der Waals surface area contributed by atoms with E-state index in [0.29, 0.717) is 0 Å². The molecule has 0 spiro atoms. The van der Waals surface area contributed by atoms with Crippen molar-refractivity contribution >= 4 is 43.4 Å². The van der Waals surface area contributed by atoms with Crippen molar-refractivity contribution in [3.8, 4) is 27.9 Å². The third-order valence-corrected chi connectivity index (χ3v) is 7.99. The third-order valence-electron chi connectivity index (χ3n) is 7.99. The van der Waals surface area contributed by atoms with Crippen LogP contribution in [0.4, 0.5) is 0 Å². The van der Waals surface area contributed by atoms with Gasteiger partial charge >= 0.3 is 0 Å². The first-order valence-electron chi connectivity index (χ1n) is 13.5. The van der Waals surface area contributed by atoms with Crippen molar-refractivity contribution in [1.29, 1.82) is 0 Å². The van der Waals surface area contributed by atoms with Crippen molar-refractivity contribution in [2.75, 3.05) is 0 Å². The Bertz CT molecular complexity index is 2150. The number of fused-ring (bicyclic) bond motifs is 7. The molecule has 0 aliphatic heterocycles. The maximum atomic E-state index is 2.45. The van der Waals surface area contributed by atoms with E-state index >= 15 is 0 Å². The van der Waals surface area contributed by atoms with Crippen LogP contribution >= 0.6 is 0 Å². The average molecular weight is 496 g/mol. The predicted octanol–water partition coefficient (Wildman–Crippen LogP) is 10.4. The highest BCUT2D eigenvalue weighted by atomic mass is 15.0. The van der Waals surface area contributed by atoms with E-state index < -0.39 is 0 Å². The van der Waals surface area contributed by atoms with Crippen LogP contribution in [0.5, 0.6) is 0 Å². The van der Waals surface area contributed by atoms with Gasteiger partial charge in [-0.05, 0) is 56.6 Å².